The quantitative estimate of drug-likeness (QED) is 0.756. The highest BCUT2D eigenvalue weighted by atomic mass is 35.5. The van der Waals surface area contributed by atoms with Crippen molar-refractivity contribution in [1.29, 1.82) is 0 Å². The number of aliphatic hydroxyl groups is 1. The third kappa shape index (κ3) is 2.41. The molecule has 4 rings (SSSR count). The summed E-state index contributed by atoms with van der Waals surface area (Å²) in [5.41, 5.74) is 1.29. The number of halogens is 1. The Bertz CT molecular complexity index is 641. The highest BCUT2D eigenvalue weighted by Gasteiger charge is 2.62. The van der Waals surface area contributed by atoms with Gasteiger partial charge in [-0.05, 0) is 73.2 Å². The minimum Gasteiger partial charge on any atom is -0.389 e. The van der Waals surface area contributed by atoms with Crippen molar-refractivity contribution in [3.8, 4) is 0 Å². The summed E-state index contributed by atoms with van der Waals surface area (Å²) in [4.78, 5) is 24.2. The van der Waals surface area contributed by atoms with Gasteiger partial charge >= 0.3 is 0 Å². The molecular formula is C21H29ClO3. The van der Waals surface area contributed by atoms with E-state index in [0.29, 0.717) is 24.2 Å². The molecule has 0 amide bonds. The predicted octanol–water partition coefficient (Wildman–Crippen LogP) is 3.91. The molecule has 0 radical (unpaired) electrons. The summed E-state index contributed by atoms with van der Waals surface area (Å²) >= 11 is 7.02. The molecule has 25 heavy (non-hydrogen) atoms. The second kappa shape index (κ2) is 5.92. The van der Waals surface area contributed by atoms with Crippen LogP contribution in [0.3, 0.4) is 0 Å². The van der Waals surface area contributed by atoms with E-state index >= 15 is 0 Å². The molecule has 7 atom stereocenters. The molecule has 0 saturated heterocycles. The predicted molar refractivity (Wildman–Crippen MR) is 97.3 cm³/mol. The number of aliphatic hydroxyl groups excluding tert-OH is 1. The van der Waals surface area contributed by atoms with Crippen molar-refractivity contribution in [2.75, 3.05) is 6.61 Å². The number of allylic oxidation sites excluding steroid dienone is 1. The number of carbonyl (C=O) groups is 2. The molecule has 0 unspecified atom stereocenters. The second-order valence-corrected chi connectivity index (χ2v) is 9.93. The standard InChI is InChI=1S/C21H29ClO3/c1-20-8-7-13(24)9-12(20)3-4-14-15-5-6-16(18(25)11-23)21(15,2)10-17(22)19(14)20/h9,14-17,19,23H,3-8,10-11H2,1-2H3/t14-,15-,16+,17+,19+,20-,21-/m0/s1. The summed E-state index contributed by atoms with van der Waals surface area (Å²) in [6, 6.07) is 0. The van der Waals surface area contributed by atoms with Crippen LogP contribution >= 0.6 is 11.6 Å². The Morgan fingerprint density at radius 1 is 1.28 bits per heavy atom. The first-order valence-electron chi connectivity index (χ1n) is 9.83. The smallest absolute Gasteiger partial charge is 0.161 e. The molecule has 0 spiro atoms. The van der Waals surface area contributed by atoms with Crippen LogP contribution in [0, 0.1) is 34.5 Å². The van der Waals surface area contributed by atoms with Crippen molar-refractivity contribution < 1.29 is 14.7 Å². The van der Waals surface area contributed by atoms with Gasteiger partial charge in [0.25, 0.3) is 0 Å². The van der Waals surface area contributed by atoms with Gasteiger partial charge in [-0.1, -0.05) is 19.4 Å². The Labute approximate surface area is 155 Å². The Morgan fingerprint density at radius 3 is 2.76 bits per heavy atom. The van der Waals surface area contributed by atoms with Crippen LogP contribution in [-0.2, 0) is 9.59 Å². The number of carbonyl (C=O) groups excluding carboxylic acids is 2. The summed E-state index contributed by atoms with van der Waals surface area (Å²) < 4.78 is 0. The highest BCUT2D eigenvalue weighted by molar-refractivity contribution is 6.21. The lowest BCUT2D eigenvalue weighted by atomic mass is 9.46. The largest absolute Gasteiger partial charge is 0.389 e. The van der Waals surface area contributed by atoms with Crippen LogP contribution in [-0.4, -0.2) is 28.7 Å². The van der Waals surface area contributed by atoms with Crippen LogP contribution in [0.1, 0.15) is 58.8 Å². The maximum Gasteiger partial charge on any atom is 0.161 e. The lowest BCUT2D eigenvalue weighted by molar-refractivity contribution is -0.133. The zero-order chi connectivity index (χ0) is 18.0. The van der Waals surface area contributed by atoms with E-state index in [2.05, 4.69) is 13.8 Å². The number of Topliss-reactive ketones (excluding diaryl/α,β-unsaturated/α-hetero) is 1. The molecule has 3 fully saturated rings. The molecule has 4 aliphatic rings. The Kier molecular flexibility index (Phi) is 4.20. The fraction of sp³-hybridized carbons (Fsp3) is 0.810. The van der Waals surface area contributed by atoms with E-state index in [1.807, 2.05) is 6.08 Å². The molecule has 0 aromatic rings. The number of rotatable bonds is 2. The maximum atomic E-state index is 12.3. The van der Waals surface area contributed by atoms with Crippen LogP contribution in [0.5, 0.6) is 0 Å². The third-order valence-corrected chi connectivity index (χ3v) is 8.82. The molecule has 0 bridgehead atoms. The summed E-state index contributed by atoms with van der Waals surface area (Å²) in [5, 5.41) is 9.44. The molecule has 4 aliphatic carbocycles. The average Bonchev–Trinajstić information content (AvgIpc) is 2.91. The Balaban J connectivity index is 1.70. The van der Waals surface area contributed by atoms with Gasteiger partial charge in [0.05, 0.1) is 0 Å². The van der Waals surface area contributed by atoms with Crippen molar-refractivity contribution in [2.24, 2.45) is 34.5 Å². The Hall–Kier alpha value is -0.670. The van der Waals surface area contributed by atoms with Crippen molar-refractivity contribution in [2.45, 2.75) is 64.2 Å². The highest BCUT2D eigenvalue weighted by Crippen LogP contribution is 2.67. The number of fused-ring (bicyclic) bond motifs is 5. The minimum atomic E-state index is -0.346. The van der Waals surface area contributed by atoms with Crippen LogP contribution in [0.15, 0.2) is 11.6 Å². The monoisotopic (exact) mass is 364 g/mol. The normalized spacial score (nSPS) is 49.0. The van der Waals surface area contributed by atoms with E-state index in [1.165, 1.54) is 5.57 Å². The minimum absolute atomic E-state index is 0.00168. The first-order valence-corrected chi connectivity index (χ1v) is 10.3. The molecule has 138 valence electrons. The van der Waals surface area contributed by atoms with E-state index in [0.717, 1.165) is 38.5 Å². The molecule has 1 N–H and O–H groups in total. The Morgan fingerprint density at radius 2 is 2.04 bits per heavy atom. The first-order chi connectivity index (χ1) is 11.8. The second-order valence-electron chi connectivity index (χ2n) is 9.37. The lowest BCUT2D eigenvalue weighted by Gasteiger charge is -2.59. The van der Waals surface area contributed by atoms with Gasteiger partial charge in [-0.2, -0.15) is 0 Å². The fourth-order valence-corrected chi connectivity index (χ4v) is 8.05. The zero-order valence-corrected chi connectivity index (χ0v) is 16.0. The van der Waals surface area contributed by atoms with Gasteiger partial charge in [0, 0.05) is 17.7 Å². The fourth-order valence-electron chi connectivity index (χ4n) is 7.25. The van der Waals surface area contributed by atoms with Crippen molar-refractivity contribution in [3.05, 3.63) is 11.6 Å². The van der Waals surface area contributed by atoms with Gasteiger partial charge in [-0.25, -0.2) is 0 Å². The maximum absolute atomic E-state index is 12.3. The molecular weight excluding hydrogens is 336 g/mol. The molecule has 0 heterocycles. The van der Waals surface area contributed by atoms with Gasteiger partial charge in [-0.3, -0.25) is 9.59 Å². The summed E-state index contributed by atoms with van der Waals surface area (Å²) in [7, 11) is 0. The first kappa shape index (κ1) is 17.7. The molecule has 0 aliphatic heterocycles. The van der Waals surface area contributed by atoms with Crippen molar-refractivity contribution >= 4 is 23.2 Å². The zero-order valence-electron chi connectivity index (χ0n) is 15.3. The summed E-state index contributed by atoms with van der Waals surface area (Å²) in [6.07, 6.45) is 8.38. The van der Waals surface area contributed by atoms with E-state index in [-0.39, 0.29) is 40.3 Å². The number of ketones is 2. The number of alkyl halides is 1. The van der Waals surface area contributed by atoms with E-state index in [1.54, 1.807) is 0 Å². The van der Waals surface area contributed by atoms with E-state index in [4.69, 9.17) is 11.6 Å². The van der Waals surface area contributed by atoms with Gasteiger partial charge in [0.1, 0.15) is 6.61 Å². The van der Waals surface area contributed by atoms with Crippen molar-refractivity contribution in [1.82, 2.24) is 0 Å². The molecule has 0 aromatic heterocycles. The van der Waals surface area contributed by atoms with Crippen LogP contribution in [0.25, 0.3) is 0 Å². The van der Waals surface area contributed by atoms with Gasteiger partial charge in [0.15, 0.2) is 11.6 Å². The lowest BCUT2D eigenvalue weighted by Crippen LogP contribution is -2.55. The SMILES string of the molecule is C[C@]12C[C@@H](Cl)[C@H]3[C@@H](CCC4=CC(=O)CC[C@@]43C)[C@@H]1CC[C@@H]2C(=O)CO. The summed E-state index contributed by atoms with van der Waals surface area (Å²) in [5.74, 6) is 1.69. The van der Waals surface area contributed by atoms with Crippen LogP contribution in [0.4, 0.5) is 0 Å². The van der Waals surface area contributed by atoms with E-state index < -0.39 is 0 Å². The van der Waals surface area contributed by atoms with Crippen LogP contribution in [0.2, 0.25) is 0 Å². The number of hydrogen-bond donors (Lipinski definition) is 1. The molecule has 3 nitrogen and oxygen atoms in total. The van der Waals surface area contributed by atoms with Crippen molar-refractivity contribution in [3.63, 3.8) is 0 Å². The molecule has 0 aromatic carbocycles. The third-order valence-electron chi connectivity index (χ3n) is 8.40. The van der Waals surface area contributed by atoms with Gasteiger partial charge in [0.2, 0.25) is 0 Å². The number of hydrogen-bond acceptors (Lipinski definition) is 3. The molecule has 4 heteroatoms. The van der Waals surface area contributed by atoms with Gasteiger partial charge in [-0.15, -0.1) is 11.6 Å². The van der Waals surface area contributed by atoms with Crippen LogP contribution < -0.4 is 0 Å². The summed E-state index contributed by atoms with van der Waals surface area (Å²) in [6.45, 7) is 4.22. The molecule has 3 saturated carbocycles. The van der Waals surface area contributed by atoms with Gasteiger partial charge < -0.3 is 5.11 Å². The van der Waals surface area contributed by atoms with E-state index in [9.17, 15) is 14.7 Å². The topological polar surface area (TPSA) is 54.4 Å². The average molecular weight is 365 g/mol.